The van der Waals surface area contributed by atoms with Gasteiger partial charge < -0.3 is 5.11 Å². The molecule has 2 unspecified atom stereocenters. The molecule has 1 aliphatic heterocycles. The number of hydrogen-bond donors (Lipinski definition) is 1. The molecule has 1 heterocycles. The van der Waals surface area contributed by atoms with Crippen molar-refractivity contribution in [3.8, 4) is 0 Å². The molecule has 1 spiro atoms. The number of hydrogen-bond acceptors (Lipinski definition) is 2. The van der Waals surface area contributed by atoms with Crippen LogP contribution in [0.15, 0.2) is 28.7 Å². The second-order valence-corrected chi connectivity index (χ2v) is 7.20. The number of aliphatic carboxylic acids is 1. The van der Waals surface area contributed by atoms with E-state index in [0.717, 1.165) is 23.0 Å². The monoisotopic (exact) mass is 337 g/mol. The van der Waals surface area contributed by atoms with Crippen LogP contribution >= 0.6 is 15.9 Å². The molecule has 1 saturated heterocycles. The highest BCUT2D eigenvalue weighted by atomic mass is 79.9. The molecule has 108 valence electrons. The van der Waals surface area contributed by atoms with Crippen molar-refractivity contribution in [1.82, 2.24) is 4.90 Å². The molecule has 4 heteroatoms. The lowest BCUT2D eigenvalue weighted by atomic mass is 9.68. The minimum Gasteiger partial charge on any atom is -0.480 e. The summed E-state index contributed by atoms with van der Waals surface area (Å²) < 4.78 is 0.883. The van der Waals surface area contributed by atoms with Crippen LogP contribution in [0, 0.1) is 5.41 Å². The van der Waals surface area contributed by atoms with Crippen molar-refractivity contribution in [3.63, 3.8) is 0 Å². The van der Waals surface area contributed by atoms with E-state index in [-0.39, 0.29) is 0 Å². The van der Waals surface area contributed by atoms with Crippen molar-refractivity contribution in [2.75, 3.05) is 6.54 Å². The summed E-state index contributed by atoms with van der Waals surface area (Å²) in [4.78, 5) is 14.0. The second kappa shape index (κ2) is 5.15. The van der Waals surface area contributed by atoms with Crippen LogP contribution in [0.5, 0.6) is 0 Å². The normalized spacial score (nSPS) is 26.4. The Bertz CT molecular complexity index is 527. The Morgan fingerprint density at radius 3 is 2.65 bits per heavy atom. The first-order chi connectivity index (χ1) is 9.52. The van der Waals surface area contributed by atoms with Gasteiger partial charge in [0, 0.05) is 17.1 Å². The molecule has 0 bridgehead atoms. The first kappa shape index (κ1) is 14.1. The van der Waals surface area contributed by atoms with Crippen LogP contribution < -0.4 is 0 Å². The summed E-state index contributed by atoms with van der Waals surface area (Å²) in [6.45, 7) is 3.09. The maximum Gasteiger partial charge on any atom is 0.325 e. The summed E-state index contributed by atoms with van der Waals surface area (Å²) in [5, 5.41) is 9.73. The van der Waals surface area contributed by atoms with E-state index in [9.17, 15) is 9.90 Å². The van der Waals surface area contributed by atoms with Crippen LogP contribution in [0.25, 0.3) is 0 Å². The largest absolute Gasteiger partial charge is 0.480 e. The van der Waals surface area contributed by atoms with Gasteiger partial charge >= 0.3 is 5.97 Å². The zero-order chi connectivity index (χ0) is 14.3. The highest BCUT2D eigenvalue weighted by molar-refractivity contribution is 9.10. The van der Waals surface area contributed by atoms with Crippen molar-refractivity contribution in [3.05, 3.63) is 34.3 Å². The molecular formula is C16H20BrNO2. The van der Waals surface area contributed by atoms with E-state index >= 15 is 0 Å². The molecule has 0 amide bonds. The van der Waals surface area contributed by atoms with Gasteiger partial charge in [0.25, 0.3) is 0 Å². The predicted molar refractivity (Wildman–Crippen MR) is 81.6 cm³/mol. The Labute approximate surface area is 128 Å². The fourth-order valence-electron chi connectivity index (χ4n) is 3.89. The Balaban J connectivity index is 1.92. The molecule has 2 atom stereocenters. The quantitative estimate of drug-likeness (QED) is 0.910. The number of rotatable bonds is 3. The topological polar surface area (TPSA) is 40.5 Å². The van der Waals surface area contributed by atoms with Crippen molar-refractivity contribution < 1.29 is 9.90 Å². The Hall–Kier alpha value is -0.870. The molecule has 0 radical (unpaired) electrons. The molecule has 1 aromatic carbocycles. The summed E-state index contributed by atoms with van der Waals surface area (Å²) in [5.74, 6) is -0.750. The van der Waals surface area contributed by atoms with Crippen LogP contribution in [0.1, 0.15) is 44.2 Å². The van der Waals surface area contributed by atoms with Crippen molar-refractivity contribution in [1.29, 1.82) is 0 Å². The third kappa shape index (κ3) is 2.29. The molecule has 0 aromatic heterocycles. The predicted octanol–water partition coefficient (Wildman–Crippen LogP) is 3.84. The summed E-state index contributed by atoms with van der Waals surface area (Å²) in [6.07, 6.45) is 4.96. The molecule has 3 nitrogen and oxygen atoms in total. The van der Waals surface area contributed by atoms with Crippen LogP contribution in [-0.2, 0) is 4.79 Å². The van der Waals surface area contributed by atoms with Crippen LogP contribution in [0.3, 0.4) is 0 Å². The number of nitrogens with zero attached hydrogens (tertiary/aromatic N) is 1. The molecule has 1 aromatic rings. The van der Waals surface area contributed by atoms with Crippen molar-refractivity contribution in [2.24, 2.45) is 5.41 Å². The van der Waals surface area contributed by atoms with E-state index in [4.69, 9.17) is 0 Å². The number of halogens is 1. The van der Waals surface area contributed by atoms with Crippen LogP contribution in [0.4, 0.5) is 0 Å². The number of carboxylic acid groups (broad SMARTS) is 1. The maximum absolute atomic E-state index is 11.8. The van der Waals surface area contributed by atoms with Crippen LogP contribution in [0.2, 0.25) is 0 Å². The Kier molecular flexibility index (Phi) is 3.63. The van der Waals surface area contributed by atoms with E-state index < -0.39 is 12.0 Å². The maximum atomic E-state index is 11.8. The van der Waals surface area contributed by atoms with Gasteiger partial charge in [-0.1, -0.05) is 40.5 Å². The first-order valence-electron chi connectivity index (χ1n) is 7.25. The van der Waals surface area contributed by atoms with Gasteiger partial charge in [0.2, 0.25) is 0 Å². The van der Waals surface area contributed by atoms with Gasteiger partial charge in [-0.3, -0.25) is 9.69 Å². The molecule has 2 aliphatic rings. The minimum absolute atomic E-state index is 0.337. The molecule has 1 N–H and O–H groups in total. The highest BCUT2D eigenvalue weighted by Crippen LogP contribution is 2.52. The summed E-state index contributed by atoms with van der Waals surface area (Å²) in [6, 6.07) is 7.47. The SMILES string of the molecule is CC1CC2(CCC2)CN1C(C(=O)O)c1ccccc1Br. The number of carbonyl (C=O) groups is 1. The lowest BCUT2D eigenvalue weighted by molar-refractivity contribution is -0.144. The standard InChI is InChI=1S/C16H20BrNO2/c1-11-9-16(7-4-8-16)10-18(11)14(15(19)20)12-5-2-3-6-13(12)17/h2-3,5-6,11,14H,4,7-10H2,1H3,(H,19,20). The molecule has 2 fully saturated rings. The van der Waals surface area contributed by atoms with Gasteiger partial charge in [0.15, 0.2) is 0 Å². The molecule has 20 heavy (non-hydrogen) atoms. The van der Waals surface area contributed by atoms with E-state index in [1.54, 1.807) is 0 Å². The third-order valence-electron chi connectivity index (χ3n) is 4.99. The lowest BCUT2D eigenvalue weighted by Crippen LogP contribution is -2.39. The fourth-order valence-corrected chi connectivity index (χ4v) is 4.39. The highest BCUT2D eigenvalue weighted by Gasteiger charge is 2.49. The van der Waals surface area contributed by atoms with Crippen molar-refractivity contribution in [2.45, 2.75) is 44.7 Å². The second-order valence-electron chi connectivity index (χ2n) is 6.34. The van der Waals surface area contributed by atoms with Gasteiger partial charge in [-0.2, -0.15) is 0 Å². The number of likely N-dealkylation sites (tertiary alicyclic amines) is 1. The summed E-state index contributed by atoms with van der Waals surface area (Å²) in [5.41, 5.74) is 1.26. The average molecular weight is 338 g/mol. The van der Waals surface area contributed by atoms with E-state index in [2.05, 4.69) is 27.8 Å². The van der Waals surface area contributed by atoms with Crippen LogP contribution in [-0.4, -0.2) is 28.6 Å². The van der Waals surface area contributed by atoms with Gasteiger partial charge in [0.05, 0.1) is 0 Å². The lowest BCUT2D eigenvalue weighted by Gasteiger charge is -2.39. The zero-order valence-corrected chi connectivity index (χ0v) is 13.3. The van der Waals surface area contributed by atoms with E-state index in [1.807, 2.05) is 24.3 Å². The summed E-state index contributed by atoms with van der Waals surface area (Å²) in [7, 11) is 0. The van der Waals surface area contributed by atoms with Gasteiger partial charge in [-0.25, -0.2) is 0 Å². The number of benzene rings is 1. The van der Waals surface area contributed by atoms with E-state index in [0.29, 0.717) is 11.5 Å². The smallest absolute Gasteiger partial charge is 0.325 e. The Morgan fingerprint density at radius 1 is 1.45 bits per heavy atom. The zero-order valence-electron chi connectivity index (χ0n) is 11.7. The molecular weight excluding hydrogens is 318 g/mol. The van der Waals surface area contributed by atoms with Crippen molar-refractivity contribution >= 4 is 21.9 Å². The third-order valence-corrected chi connectivity index (χ3v) is 5.71. The van der Waals surface area contributed by atoms with Gasteiger partial charge in [0.1, 0.15) is 6.04 Å². The molecule has 3 rings (SSSR count). The first-order valence-corrected chi connectivity index (χ1v) is 8.05. The minimum atomic E-state index is -0.750. The van der Waals surface area contributed by atoms with E-state index in [1.165, 1.54) is 19.3 Å². The number of carboxylic acids is 1. The average Bonchev–Trinajstić information content (AvgIpc) is 2.70. The fraction of sp³-hybridized carbons (Fsp3) is 0.562. The Morgan fingerprint density at radius 2 is 2.15 bits per heavy atom. The molecule has 1 saturated carbocycles. The van der Waals surface area contributed by atoms with Gasteiger partial charge in [-0.05, 0) is 43.2 Å². The van der Waals surface area contributed by atoms with Gasteiger partial charge in [-0.15, -0.1) is 0 Å². The summed E-state index contributed by atoms with van der Waals surface area (Å²) >= 11 is 3.50. The molecule has 1 aliphatic carbocycles.